The van der Waals surface area contributed by atoms with Crippen molar-refractivity contribution < 1.29 is 14.3 Å². The summed E-state index contributed by atoms with van der Waals surface area (Å²) in [6.07, 6.45) is 7.05. The van der Waals surface area contributed by atoms with E-state index in [9.17, 15) is 9.59 Å². The van der Waals surface area contributed by atoms with Gasteiger partial charge in [-0.1, -0.05) is 18.2 Å². The van der Waals surface area contributed by atoms with Gasteiger partial charge in [0.25, 0.3) is 0 Å². The van der Waals surface area contributed by atoms with Crippen LogP contribution in [0.25, 0.3) is 0 Å². The first-order valence-corrected chi connectivity index (χ1v) is 12.1. The Kier molecular flexibility index (Phi) is 7.62. The fourth-order valence-corrected chi connectivity index (χ4v) is 6.14. The maximum absolute atomic E-state index is 13.0. The third kappa shape index (κ3) is 5.29. The molecule has 0 radical (unpaired) electrons. The Labute approximate surface area is 186 Å². The van der Waals surface area contributed by atoms with Gasteiger partial charge in [-0.25, -0.2) is 0 Å². The average molecular weight is 428 g/mol. The number of carbonyl (C=O) groups excluding carboxylic acids is 2. The summed E-state index contributed by atoms with van der Waals surface area (Å²) in [7, 11) is 0. The van der Waals surface area contributed by atoms with Gasteiger partial charge in [-0.15, -0.1) is 0 Å². The fraction of sp³-hybridized carbons (Fsp3) is 0.680. The number of benzene rings is 1. The van der Waals surface area contributed by atoms with Crippen LogP contribution in [0.2, 0.25) is 0 Å². The minimum absolute atomic E-state index is 0.0509. The summed E-state index contributed by atoms with van der Waals surface area (Å²) in [5.74, 6) is 1.29. The van der Waals surface area contributed by atoms with Crippen LogP contribution in [-0.2, 0) is 14.3 Å². The Morgan fingerprint density at radius 3 is 2.68 bits per heavy atom. The quantitative estimate of drug-likeness (QED) is 0.689. The summed E-state index contributed by atoms with van der Waals surface area (Å²) in [6.45, 7) is 5.93. The van der Waals surface area contributed by atoms with E-state index in [-0.39, 0.29) is 24.5 Å². The van der Waals surface area contributed by atoms with Crippen molar-refractivity contribution in [1.29, 1.82) is 0 Å². The number of piperidine rings is 3. The molecule has 0 aromatic heterocycles. The molecule has 170 valence electrons. The van der Waals surface area contributed by atoms with Crippen LogP contribution in [0.5, 0.6) is 0 Å². The van der Waals surface area contributed by atoms with Crippen LogP contribution in [0.15, 0.2) is 30.3 Å². The van der Waals surface area contributed by atoms with E-state index >= 15 is 0 Å². The number of carbonyl (C=O) groups is 2. The molecule has 3 aliphatic rings. The zero-order valence-corrected chi connectivity index (χ0v) is 18.8. The van der Waals surface area contributed by atoms with Crippen molar-refractivity contribution in [2.75, 3.05) is 38.2 Å². The van der Waals surface area contributed by atoms with Crippen LogP contribution in [0.3, 0.4) is 0 Å². The summed E-state index contributed by atoms with van der Waals surface area (Å²) in [6, 6.07) is 10.4. The van der Waals surface area contributed by atoms with Gasteiger partial charge in [-0.3, -0.25) is 14.5 Å². The minimum Gasteiger partial charge on any atom is -0.372 e. The largest absolute Gasteiger partial charge is 0.372 e. The van der Waals surface area contributed by atoms with Crippen molar-refractivity contribution in [3.63, 3.8) is 0 Å². The van der Waals surface area contributed by atoms with E-state index < -0.39 is 0 Å². The summed E-state index contributed by atoms with van der Waals surface area (Å²) in [5.41, 5.74) is 0.839. The highest BCUT2D eigenvalue weighted by atomic mass is 16.5. The predicted molar refractivity (Wildman–Crippen MR) is 122 cm³/mol. The second-order valence-electron chi connectivity index (χ2n) is 9.29. The monoisotopic (exact) mass is 427 g/mol. The van der Waals surface area contributed by atoms with E-state index in [1.807, 2.05) is 37.3 Å². The molecule has 4 rings (SSSR count). The Morgan fingerprint density at radius 1 is 1.13 bits per heavy atom. The molecular formula is C25H37N3O3. The van der Waals surface area contributed by atoms with E-state index in [1.165, 1.54) is 38.8 Å². The molecule has 0 unspecified atom stereocenters. The second-order valence-corrected chi connectivity index (χ2v) is 9.29. The lowest BCUT2D eigenvalue weighted by Crippen LogP contribution is -2.65. The highest BCUT2D eigenvalue weighted by molar-refractivity contribution is 5.90. The molecule has 1 aromatic rings. The van der Waals surface area contributed by atoms with Gasteiger partial charge in [0.05, 0.1) is 0 Å². The first kappa shape index (κ1) is 22.3. The van der Waals surface area contributed by atoms with E-state index in [4.69, 9.17) is 4.74 Å². The van der Waals surface area contributed by atoms with Crippen LogP contribution >= 0.6 is 0 Å². The zero-order chi connectivity index (χ0) is 21.6. The van der Waals surface area contributed by atoms with E-state index in [2.05, 4.69) is 15.1 Å². The van der Waals surface area contributed by atoms with Gasteiger partial charge in [0.2, 0.25) is 11.8 Å². The Bertz CT molecular complexity index is 739. The number of anilines is 1. The van der Waals surface area contributed by atoms with E-state index in [0.29, 0.717) is 30.9 Å². The van der Waals surface area contributed by atoms with Crippen LogP contribution < -0.4 is 5.32 Å². The fourth-order valence-electron chi connectivity index (χ4n) is 6.14. The molecule has 1 N–H and O–H groups in total. The molecule has 0 spiro atoms. The highest BCUT2D eigenvalue weighted by Gasteiger charge is 2.49. The lowest BCUT2D eigenvalue weighted by molar-refractivity contribution is -0.151. The van der Waals surface area contributed by atoms with Gasteiger partial charge in [0.1, 0.15) is 6.61 Å². The molecule has 3 fully saturated rings. The molecule has 0 bridgehead atoms. The van der Waals surface area contributed by atoms with Crippen molar-refractivity contribution in [3.05, 3.63) is 30.3 Å². The summed E-state index contributed by atoms with van der Waals surface area (Å²) in [4.78, 5) is 30.3. The molecule has 4 atom stereocenters. The lowest BCUT2D eigenvalue weighted by Gasteiger charge is -2.57. The smallest absolute Gasteiger partial charge is 0.248 e. The van der Waals surface area contributed by atoms with Gasteiger partial charge in [0, 0.05) is 37.3 Å². The molecule has 3 heterocycles. The molecule has 0 aliphatic carbocycles. The first-order valence-electron chi connectivity index (χ1n) is 12.1. The number of likely N-dealkylation sites (tertiary alicyclic amines) is 1. The summed E-state index contributed by atoms with van der Waals surface area (Å²) in [5, 5.41) is 2.98. The number of hydrogen-bond donors (Lipinski definition) is 1. The maximum atomic E-state index is 13.0. The zero-order valence-electron chi connectivity index (χ0n) is 18.8. The van der Waals surface area contributed by atoms with Gasteiger partial charge >= 0.3 is 0 Å². The standard InChI is InChI=1S/C25H37N3O3/c1-2-31-18-24(30)28-17-19-9-7-15-27-16-8-12-21(25(19)27)22(28)13-6-14-23(29)26-20-10-4-3-5-11-20/h3-5,10-11,19,21-22,25H,2,6-9,12-18H2,1H3,(H,26,29)/t19-,21+,22+,25-/m0/s1. The second kappa shape index (κ2) is 10.6. The number of para-hydroxylation sites is 1. The molecule has 3 saturated heterocycles. The number of nitrogens with zero attached hydrogens (tertiary/aromatic N) is 2. The van der Waals surface area contributed by atoms with Gasteiger partial charge in [-0.2, -0.15) is 0 Å². The van der Waals surface area contributed by atoms with Crippen LogP contribution in [-0.4, -0.2) is 66.5 Å². The van der Waals surface area contributed by atoms with Crippen molar-refractivity contribution in [2.45, 2.75) is 64.0 Å². The maximum Gasteiger partial charge on any atom is 0.248 e. The number of rotatable bonds is 8. The summed E-state index contributed by atoms with van der Waals surface area (Å²) < 4.78 is 5.48. The van der Waals surface area contributed by atoms with Gasteiger partial charge in [-0.05, 0) is 82.5 Å². The molecule has 6 nitrogen and oxygen atoms in total. The minimum atomic E-state index is 0.0509. The topological polar surface area (TPSA) is 61.9 Å². The van der Waals surface area contributed by atoms with Crippen LogP contribution in [0.4, 0.5) is 5.69 Å². The SMILES string of the molecule is CCOCC(=O)N1C[C@@H]2CCCN3CCC[C@@H]([C@H]23)[C@H]1CCCC(=O)Nc1ccccc1. The molecule has 1 aromatic carbocycles. The van der Waals surface area contributed by atoms with Crippen molar-refractivity contribution in [3.8, 4) is 0 Å². The van der Waals surface area contributed by atoms with E-state index in [0.717, 1.165) is 25.1 Å². The lowest BCUT2D eigenvalue weighted by atomic mass is 9.69. The molecular weight excluding hydrogens is 390 g/mol. The number of hydrogen-bond acceptors (Lipinski definition) is 4. The van der Waals surface area contributed by atoms with Crippen molar-refractivity contribution in [2.24, 2.45) is 11.8 Å². The average Bonchev–Trinajstić information content (AvgIpc) is 2.79. The molecule has 3 aliphatic heterocycles. The van der Waals surface area contributed by atoms with Crippen LogP contribution in [0.1, 0.15) is 51.9 Å². The Hall–Kier alpha value is -1.92. The third-order valence-electron chi connectivity index (χ3n) is 7.38. The Balaban J connectivity index is 1.41. The normalized spacial score (nSPS) is 28.1. The number of ether oxygens (including phenoxy) is 1. The highest BCUT2D eigenvalue weighted by Crippen LogP contribution is 2.43. The predicted octanol–water partition coefficient (Wildman–Crippen LogP) is 3.53. The molecule has 31 heavy (non-hydrogen) atoms. The van der Waals surface area contributed by atoms with Crippen molar-refractivity contribution in [1.82, 2.24) is 9.80 Å². The first-order chi connectivity index (χ1) is 15.2. The summed E-state index contributed by atoms with van der Waals surface area (Å²) >= 11 is 0. The Morgan fingerprint density at radius 2 is 1.90 bits per heavy atom. The number of amides is 2. The van der Waals surface area contributed by atoms with Gasteiger partial charge < -0.3 is 15.0 Å². The molecule has 2 amide bonds. The third-order valence-corrected chi connectivity index (χ3v) is 7.38. The van der Waals surface area contributed by atoms with Gasteiger partial charge in [0.15, 0.2) is 0 Å². The van der Waals surface area contributed by atoms with Crippen LogP contribution in [0, 0.1) is 11.8 Å². The van der Waals surface area contributed by atoms with E-state index in [1.54, 1.807) is 0 Å². The van der Waals surface area contributed by atoms with Crippen molar-refractivity contribution >= 4 is 17.5 Å². The number of nitrogens with one attached hydrogen (secondary N) is 1. The molecule has 0 saturated carbocycles. The molecule has 6 heteroatoms.